The van der Waals surface area contributed by atoms with Gasteiger partial charge in [-0.05, 0) is 42.7 Å². The van der Waals surface area contributed by atoms with Crippen molar-refractivity contribution < 1.29 is 14.3 Å². The van der Waals surface area contributed by atoms with Gasteiger partial charge in [-0.15, -0.1) is 0 Å². The van der Waals surface area contributed by atoms with Crippen LogP contribution < -0.4 is 0 Å². The van der Waals surface area contributed by atoms with Crippen LogP contribution in [0.5, 0.6) is 0 Å². The van der Waals surface area contributed by atoms with E-state index in [2.05, 4.69) is 24.3 Å². The van der Waals surface area contributed by atoms with Crippen molar-refractivity contribution in [2.24, 2.45) is 7.05 Å². The first-order valence-electron chi connectivity index (χ1n) is 10.8. The summed E-state index contributed by atoms with van der Waals surface area (Å²) >= 11 is 0. The minimum Gasteiger partial charge on any atom is -0.365 e. The van der Waals surface area contributed by atoms with E-state index in [0.29, 0.717) is 31.9 Å². The van der Waals surface area contributed by atoms with Gasteiger partial charge in [0.15, 0.2) is 6.10 Å². The lowest BCUT2D eigenvalue weighted by Gasteiger charge is -2.36. The number of amides is 2. The Morgan fingerprint density at radius 3 is 2.65 bits per heavy atom. The number of aryl methyl sites for hydroxylation is 2. The van der Waals surface area contributed by atoms with E-state index in [-0.39, 0.29) is 18.4 Å². The molecule has 3 heterocycles. The van der Waals surface area contributed by atoms with E-state index in [1.165, 1.54) is 11.1 Å². The molecule has 160 valence electrons. The zero-order valence-corrected chi connectivity index (χ0v) is 18.0. The third-order valence-corrected chi connectivity index (χ3v) is 6.49. The fourth-order valence-electron chi connectivity index (χ4n) is 4.71. The van der Waals surface area contributed by atoms with Gasteiger partial charge in [-0.3, -0.25) is 9.59 Å². The smallest absolute Gasteiger partial charge is 0.270 e. The summed E-state index contributed by atoms with van der Waals surface area (Å²) in [6.45, 7) is 4.49. The topological polar surface area (TPSA) is 54.8 Å². The molecule has 0 aliphatic carbocycles. The van der Waals surface area contributed by atoms with Crippen molar-refractivity contribution in [2.75, 3.05) is 26.2 Å². The van der Waals surface area contributed by atoms with Gasteiger partial charge in [-0.25, -0.2) is 0 Å². The fraction of sp³-hybridized carbons (Fsp3) is 0.360. The minimum absolute atomic E-state index is 0.0281. The number of rotatable bonds is 2. The van der Waals surface area contributed by atoms with Crippen LogP contribution in [0.3, 0.4) is 0 Å². The van der Waals surface area contributed by atoms with E-state index in [4.69, 9.17) is 4.74 Å². The SMILES string of the molecule is Cc1ccc2c(c1)cc(C(=O)N1CCO[C@H](C(=O)N3CCc4ccccc4C3)C1)n2C. The Hall–Kier alpha value is -3.12. The Labute approximate surface area is 182 Å². The van der Waals surface area contributed by atoms with E-state index in [1.54, 1.807) is 4.90 Å². The molecule has 0 radical (unpaired) electrons. The first-order chi connectivity index (χ1) is 15.0. The van der Waals surface area contributed by atoms with Gasteiger partial charge in [0.05, 0.1) is 13.2 Å². The molecule has 0 N–H and O–H groups in total. The second-order valence-corrected chi connectivity index (χ2v) is 8.54. The van der Waals surface area contributed by atoms with Crippen LogP contribution in [0.1, 0.15) is 27.2 Å². The summed E-state index contributed by atoms with van der Waals surface area (Å²) in [6.07, 6.45) is 0.243. The quantitative estimate of drug-likeness (QED) is 0.644. The molecular formula is C25H27N3O3. The van der Waals surface area contributed by atoms with Gasteiger partial charge in [0, 0.05) is 37.6 Å². The van der Waals surface area contributed by atoms with Crippen LogP contribution in [0, 0.1) is 6.92 Å². The average Bonchev–Trinajstić information content (AvgIpc) is 3.13. The van der Waals surface area contributed by atoms with Crippen LogP contribution >= 0.6 is 0 Å². The van der Waals surface area contributed by atoms with Crippen LogP contribution in [0.2, 0.25) is 0 Å². The number of morpholine rings is 1. The van der Waals surface area contributed by atoms with Crippen molar-refractivity contribution in [1.29, 1.82) is 0 Å². The number of hydrogen-bond donors (Lipinski definition) is 0. The lowest BCUT2D eigenvalue weighted by molar-refractivity contribution is -0.149. The first-order valence-corrected chi connectivity index (χ1v) is 10.8. The number of carbonyl (C=O) groups is 2. The van der Waals surface area contributed by atoms with E-state index < -0.39 is 6.10 Å². The number of carbonyl (C=O) groups excluding carboxylic acids is 2. The molecule has 2 amide bonds. The van der Waals surface area contributed by atoms with E-state index in [1.807, 2.05) is 47.7 Å². The van der Waals surface area contributed by atoms with E-state index in [9.17, 15) is 9.59 Å². The van der Waals surface area contributed by atoms with Gasteiger partial charge in [-0.1, -0.05) is 35.9 Å². The Morgan fingerprint density at radius 1 is 1.00 bits per heavy atom. The van der Waals surface area contributed by atoms with Gasteiger partial charge >= 0.3 is 0 Å². The second-order valence-electron chi connectivity index (χ2n) is 8.54. The molecule has 1 fully saturated rings. The van der Waals surface area contributed by atoms with Gasteiger partial charge in [0.2, 0.25) is 0 Å². The zero-order chi connectivity index (χ0) is 21.5. The number of ether oxygens (including phenoxy) is 1. The van der Waals surface area contributed by atoms with Crippen LogP contribution in [-0.4, -0.2) is 58.5 Å². The van der Waals surface area contributed by atoms with Crippen LogP contribution in [0.4, 0.5) is 0 Å². The van der Waals surface area contributed by atoms with Crippen LogP contribution in [-0.2, 0) is 29.5 Å². The van der Waals surface area contributed by atoms with Crippen molar-refractivity contribution in [2.45, 2.75) is 26.0 Å². The third kappa shape index (κ3) is 3.61. The van der Waals surface area contributed by atoms with Crippen molar-refractivity contribution in [3.63, 3.8) is 0 Å². The van der Waals surface area contributed by atoms with Gasteiger partial charge < -0.3 is 19.1 Å². The monoisotopic (exact) mass is 417 g/mol. The highest BCUT2D eigenvalue weighted by atomic mass is 16.5. The maximum absolute atomic E-state index is 13.3. The number of nitrogens with zero attached hydrogens (tertiary/aromatic N) is 3. The van der Waals surface area contributed by atoms with Crippen molar-refractivity contribution in [3.8, 4) is 0 Å². The maximum Gasteiger partial charge on any atom is 0.270 e. The van der Waals surface area contributed by atoms with E-state index >= 15 is 0 Å². The van der Waals surface area contributed by atoms with Crippen LogP contribution in [0.25, 0.3) is 10.9 Å². The van der Waals surface area contributed by atoms with Crippen molar-refractivity contribution in [1.82, 2.24) is 14.4 Å². The number of benzene rings is 2. The van der Waals surface area contributed by atoms with Gasteiger partial charge in [0.1, 0.15) is 5.69 Å². The largest absolute Gasteiger partial charge is 0.365 e. The van der Waals surface area contributed by atoms with Crippen LogP contribution in [0.15, 0.2) is 48.5 Å². The molecule has 6 heteroatoms. The Bertz CT molecular complexity index is 1170. The second kappa shape index (κ2) is 7.85. The summed E-state index contributed by atoms with van der Waals surface area (Å²) in [5, 5.41) is 1.05. The van der Waals surface area contributed by atoms with Gasteiger partial charge in [-0.2, -0.15) is 0 Å². The predicted molar refractivity (Wildman–Crippen MR) is 119 cm³/mol. The number of hydrogen-bond acceptors (Lipinski definition) is 3. The number of fused-ring (bicyclic) bond motifs is 2. The summed E-state index contributed by atoms with van der Waals surface area (Å²) in [7, 11) is 1.92. The molecule has 0 bridgehead atoms. The molecule has 2 aromatic carbocycles. The first kappa shape index (κ1) is 19.8. The molecular weight excluding hydrogens is 390 g/mol. The Balaban J connectivity index is 1.32. The lowest BCUT2D eigenvalue weighted by atomic mass is 9.99. The molecule has 3 aromatic rings. The molecule has 1 saturated heterocycles. The molecule has 0 saturated carbocycles. The highest BCUT2D eigenvalue weighted by Gasteiger charge is 2.34. The fourth-order valence-corrected chi connectivity index (χ4v) is 4.71. The maximum atomic E-state index is 13.3. The normalized spacial score (nSPS) is 18.8. The molecule has 6 nitrogen and oxygen atoms in total. The van der Waals surface area contributed by atoms with Gasteiger partial charge in [0.25, 0.3) is 11.8 Å². The molecule has 1 aromatic heterocycles. The standard InChI is InChI=1S/C25H27N3O3/c1-17-7-8-21-20(13-17)14-22(26(21)2)24(29)28-11-12-31-23(16-28)25(30)27-10-9-18-5-3-4-6-19(18)15-27/h3-8,13-14,23H,9-12,15-16H2,1-2H3/t23-/m0/s1. The molecule has 31 heavy (non-hydrogen) atoms. The Kier molecular flexibility index (Phi) is 5.02. The predicted octanol–water partition coefficient (Wildman–Crippen LogP) is 2.91. The highest BCUT2D eigenvalue weighted by Crippen LogP contribution is 2.23. The molecule has 0 unspecified atom stereocenters. The zero-order valence-electron chi connectivity index (χ0n) is 18.0. The molecule has 1 atom stereocenters. The molecule has 2 aliphatic rings. The van der Waals surface area contributed by atoms with E-state index in [0.717, 1.165) is 22.9 Å². The summed E-state index contributed by atoms with van der Waals surface area (Å²) in [5.74, 6) is -0.0823. The van der Waals surface area contributed by atoms with Crippen molar-refractivity contribution >= 4 is 22.7 Å². The summed E-state index contributed by atoms with van der Waals surface area (Å²) in [5.41, 5.74) is 5.33. The minimum atomic E-state index is -0.611. The summed E-state index contributed by atoms with van der Waals surface area (Å²) < 4.78 is 7.75. The third-order valence-electron chi connectivity index (χ3n) is 6.49. The molecule has 5 rings (SSSR count). The Morgan fingerprint density at radius 2 is 1.81 bits per heavy atom. The van der Waals surface area contributed by atoms with Crippen molar-refractivity contribution in [3.05, 3.63) is 70.9 Å². The average molecular weight is 418 g/mol. The highest BCUT2D eigenvalue weighted by molar-refractivity contribution is 5.99. The lowest BCUT2D eigenvalue weighted by Crippen LogP contribution is -2.53. The summed E-state index contributed by atoms with van der Waals surface area (Å²) in [6, 6.07) is 16.4. The molecule has 0 spiro atoms. The molecule has 2 aliphatic heterocycles. The summed E-state index contributed by atoms with van der Waals surface area (Å²) in [4.78, 5) is 30.1. The number of aromatic nitrogens is 1.